The molecule has 0 aliphatic rings. The number of hydrogen-bond acceptors (Lipinski definition) is 2. The summed E-state index contributed by atoms with van der Waals surface area (Å²) in [5.41, 5.74) is 10.6. The fourth-order valence-corrected chi connectivity index (χ4v) is 2.01. The third-order valence-electron chi connectivity index (χ3n) is 2.85. The van der Waals surface area contributed by atoms with Gasteiger partial charge in [0.05, 0.1) is 5.69 Å². The summed E-state index contributed by atoms with van der Waals surface area (Å²) in [6.45, 7) is 4.19. The van der Waals surface area contributed by atoms with E-state index in [-0.39, 0.29) is 0 Å². The zero-order valence-corrected chi connectivity index (χ0v) is 9.99. The van der Waals surface area contributed by atoms with Gasteiger partial charge in [0, 0.05) is 18.2 Å². The summed E-state index contributed by atoms with van der Waals surface area (Å²) in [6.07, 6.45) is 0.906. The molecule has 0 fully saturated rings. The highest BCUT2D eigenvalue weighted by Crippen LogP contribution is 2.27. The number of hydrogen-bond donors (Lipinski definition) is 1. The Morgan fingerprint density at radius 1 is 1.25 bits per heavy atom. The summed E-state index contributed by atoms with van der Waals surface area (Å²) < 4.78 is 1.86. The molecule has 0 aliphatic carbocycles. The van der Waals surface area contributed by atoms with Gasteiger partial charge < -0.3 is 5.73 Å². The third-order valence-corrected chi connectivity index (χ3v) is 2.85. The Kier molecular flexibility index (Phi) is 2.69. The number of nitrogen functional groups attached to an aromatic ring is 1. The Labute approximate surface area is 95.9 Å². The van der Waals surface area contributed by atoms with Crippen molar-refractivity contribution in [2.24, 2.45) is 7.05 Å². The zero-order valence-electron chi connectivity index (χ0n) is 9.99. The van der Waals surface area contributed by atoms with Crippen LogP contribution in [0.3, 0.4) is 0 Å². The molecule has 16 heavy (non-hydrogen) atoms. The minimum Gasteiger partial charge on any atom is -0.382 e. The summed E-state index contributed by atoms with van der Waals surface area (Å²) in [6, 6.07) is 8.45. The standard InChI is InChI=1S/C13H17N3/c1-4-11-12(16(3)15-13(11)14)10-7-5-9(2)6-8-10/h5-8H,4H2,1-3H3,(H2,14,15). The van der Waals surface area contributed by atoms with Gasteiger partial charge in [-0.1, -0.05) is 36.8 Å². The fraction of sp³-hybridized carbons (Fsp3) is 0.308. The van der Waals surface area contributed by atoms with Gasteiger partial charge in [0.1, 0.15) is 5.82 Å². The van der Waals surface area contributed by atoms with Crippen LogP contribution in [0, 0.1) is 6.92 Å². The average Bonchev–Trinajstić information content (AvgIpc) is 2.54. The first-order valence-electron chi connectivity index (χ1n) is 5.52. The van der Waals surface area contributed by atoms with Crippen molar-refractivity contribution >= 4 is 5.82 Å². The number of benzene rings is 1. The van der Waals surface area contributed by atoms with Gasteiger partial charge in [0.15, 0.2) is 0 Å². The maximum Gasteiger partial charge on any atom is 0.149 e. The summed E-state index contributed by atoms with van der Waals surface area (Å²) >= 11 is 0. The highest BCUT2D eigenvalue weighted by Gasteiger charge is 2.13. The number of aromatic nitrogens is 2. The SMILES string of the molecule is CCc1c(N)nn(C)c1-c1ccc(C)cc1. The van der Waals surface area contributed by atoms with Crippen LogP contribution in [0.25, 0.3) is 11.3 Å². The molecule has 0 saturated carbocycles. The van der Waals surface area contributed by atoms with Gasteiger partial charge in [-0.3, -0.25) is 4.68 Å². The Hall–Kier alpha value is -1.77. The lowest BCUT2D eigenvalue weighted by Crippen LogP contribution is -1.95. The molecule has 3 heteroatoms. The molecule has 1 heterocycles. The van der Waals surface area contributed by atoms with Crippen molar-refractivity contribution in [2.45, 2.75) is 20.3 Å². The predicted molar refractivity (Wildman–Crippen MR) is 67.2 cm³/mol. The van der Waals surface area contributed by atoms with Gasteiger partial charge in [-0.05, 0) is 13.3 Å². The summed E-state index contributed by atoms with van der Waals surface area (Å²) in [5.74, 6) is 0.639. The minimum absolute atomic E-state index is 0.639. The molecule has 0 spiro atoms. The molecule has 0 saturated heterocycles. The van der Waals surface area contributed by atoms with E-state index in [2.05, 4.69) is 43.2 Å². The molecule has 84 valence electrons. The van der Waals surface area contributed by atoms with Crippen molar-refractivity contribution < 1.29 is 0 Å². The van der Waals surface area contributed by atoms with E-state index >= 15 is 0 Å². The molecule has 0 aliphatic heterocycles. The molecule has 2 rings (SSSR count). The highest BCUT2D eigenvalue weighted by atomic mass is 15.3. The van der Waals surface area contributed by atoms with Gasteiger partial charge in [-0.25, -0.2) is 0 Å². The first-order valence-corrected chi connectivity index (χ1v) is 5.52. The molecule has 2 N–H and O–H groups in total. The lowest BCUT2D eigenvalue weighted by molar-refractivity contribution is 0.779. The van der Waals surface area contributed by atoms with E-state index in [4.69, 9.17) is 5.73 Å². The first kappa shape index (κ1) is 10.7. The van der Waals surface area contributed by atoms with Crippen LogP contribution < -0.4 is 5.73 Å². The molecule has 0 bridgehead atoms. The smallest absolute Gasteiger partial charge is 0.149 e. The topological polar surface area (TPSA) is 43.8 Å². The monoisotopic (exact) mass is 215 g/mol. The number of rotatable bonds is 2. The van der Waals surface area contributed by atoms with Crippen molar-refractivity contribution in [3.05, 3.63) is 35.4 Å². The molecule has 0 atom stereocenters. The second-order valence-electron chi connectivity index (χ2n) is 4.06. The van der Waals surface area contributed by atoms with Crippen LogP contribution in [0.15, 0.2) is 24.3 Å². The minimum atomic E-state index is 0.639. The van der Waals surface area contributed by atoms with E-state index < -0.39 is 0 Å². The lowest BCUT2D eigenvalue weighted by atomic mass is 10.0. The summed E-state index contributed by atoms with van der Waals surface area (Å²) in [5, 5.41) is 4.28. The Bertz CT molecular complexity index is 495. The fourth-order valence-electron chi connectivity index (χ4n) is 2.01. The number of nitrogens with zero attached hydrogens (tertiary/aromatic N) is 2. The van der Waals surface area contributed by atoms with Crippen LogP contribution in [0.4, 0.5) is 5.82 Å². The van der Waals surface area contributed by atoms with E-state index in [1.165, 1.54) is 11.1 Å². The van der Waals surface area contributed by atoms with Gasteiger partial charge >= 0.3 is 0 Å². The van der Waals surface area contributed by atoms with Gasteiger partial charge in [-0.15, -0.1) is 0 Å². The molecule has 1 aromatic heterocycles. The van der Waals surface area contributed by atoms with Gasteiger partial charge in [-0.2, -0.15) is 5.10 Å². The summed E-state index contributed by atoms with van der Waals surface area (Å²) in [4.78, 5) is 0. The Morgan fingerprint density at radius 3 is 2.44 bits per heavy atom. The highest BCUT2D eigenvalue weighted by molar-refractivity contribution is 5.68. The van der Waals surface area contributed by atoms with Crippen LogP contribution >= 0.6 is 0 Å². The van der Waals surface area contributed by atoms with E-state index in [9.17, 15) is 0 Å². The van der Waals surface area contributed by atoms with Crippen LogP contribution in [-0.2, 0) is 13.5 Å². The average molecular weight is 215 g/mol. The van der Waals surface area contributed by atoms with Crippen molar-refractivity contribution in [3.8, 4) is 11.3 Å². The first-order chi connectivity index (χ1) is 7.63. The second kappa shape index (κ2) is 4.00. The van der Waals surface area contributed by atoms with Gasteiger partial charge in [0.25, 0.3) is 0 Å². The third kappa shape index (κ3) is 1.69. The Balaban J connectivity index is 2.59. The van der Waals surface area contributed by atoms with Crippen molar-refractivity contribution in [1.29, 1.82) is 0 Å². The molecular weight excluding hydrogens is 198 g/mol. The van der Waals surface area contributed by atoms with E-state index in [1.807, 2.05) is 11.7 Å². The summed E-state index contributed by atoms with van der Waals surface area (Å²) in [7, 11) is 1.94. The molecule has 0 radical (unpaired) electrons. The van der Waals surface area contributed by atoms with Crippen LogP contribution in [0.2, 0.25) is 0 Å². The molecule has 2 aromatic rings. The van der Waals surface area contributed by atoms with Crippen molar-refractivity contribution in [2.75, 3.05) is 5.73 Å². The largest absolute Gasteiger partial charge is 0.382 e. The van der Waals surface area contributed by atoms with Crippen molar-refractivity contribution in [1.82, 2.24) is 9.78 Å². The van der Waals surface area contributed by atoms with Crippen LogP contribution in [-0.4, -0.2) is 9.78 Å². The van der Waals surface area contributed by atoms with Crippen molar-refractivity contribution in [3.63, 3.8) is 0 Å². The number of nitrogens with two attached hydrogens (primary N) is 1. The van der Waals surface area contributed by atoms with E-state index in [0.29, 0.717) is 5.82 Å². The Morgan fingerprint density at radius 2 is 1.88 bits per heavy atom. The normalized spacial score (nSPS) is 10.7. The van der Waals surface area contributed by atoms with Gasteiger partial charge in [0.2, 0.25) is 0 Å². The quantitative estimate of drug-likeness (QED) is 0.836. The number of anilines is 1. The maximum atomic E-state index is 5.89. The molecule has 3 nitrogen and oxygen atoms in total. The lowest BCUT2D eigenvalue weighted by Gasteiger charge is -2.05. The van der Waals surface area contributed by atoms with Crippen LogP contribution in [0.5, 0.6) is 0 Å². The maximum absolute atomic E-state index is 5.89. The number of aryl methyl sites for hydroxylation is 2. The predicted octanol–water partition coefficient (Wildman–Crippen LogP) is 2.54. The second-order valence-corrected chi connectivity index (χ2v) is 4.06. The van der Waals surface area contributed by atoms with E-state index in [1.54, 1.807) is 0 Å². The molecular formula is C13H17N3. The molecule has 0 unspecified atom stereocenters. The van der Waals surface area contributed by atoms with Crippen LogP contribution in [0.1, 0.15) is 18.1 Å². The molecule has 0 amide bonds. The zero-order chi connectivity index (χ0) is 11.7. The van der Waals surface area contributed by atoms with E-state index in [0.717, 1.165) is 17.7 Å². The molecule has 1 aromatic carbocycles.